The van der Waals surface area contributed by atoms with Crippen molar-refractivity contribution in [2.75, 3.05) is 20.1 Å². The summed E-state index contributed by atoms with van der Waals surface area (Å²) < 4.78 is 0. The average Bonchev–Trinajstić information content (AvgIpc) is 2.35. The molecule has 0 radical (unpaired) electrons. The molecule has 0 bridgehead atoms. The van der Waals surface area contributed by atoms with E-state index in [0.717, 1.165) is 0 Å². The first-order chi connectivity index (χ1) is 8.31. The first-order valence-corrected chi connectivity index (χ1v) is 7.99. The van der Waals surface area contributed by atoms with E-state index in [-0.39, 0.29) is 0 Å². The van der Waals surface area contributed by atoms with Crippen molar-refractivity contribution in [1.82, 2.24) is 4.90 Å². The fraction of sp³-hybridized carbons (Fsp3) is 1.00. The van der Waals surface area contributed by atoms with E-state index in [1.54, 1.807) is 0 Å². The van der Waals surface area contributed by atoms with Crippen molar-refractivity contribution < 1.29 is 0 Å². The van der Waals surface area contributed by atoms with Crippen LogP contribution in [0.2, 0.25) is 0 Å². The molecule has 1 fully saturated rings. The summed E-state index contributed by atoms with van der Waals surface area (Å²) in [7, 11) is 2.19. The molecular weight excluding hydrogens is 206 g/mol. The molecule has 0 aromatic heterocycles. The van der Waals surface area contributed by atoms with Crippen LogP contribution in [0.4, 0.5) is 0 Å². The van der Waals surface area contributed by atoms with Gasteiger partial charge in [-0.25, -0.2) is 0 Å². The molecule has 1 heterocycles. The van der Waals surface area contributed by atoms with Gasteiger partial charge in [-0.3, -0.25) is 0 Å². The van der Waals surface area contributed by atoms with Gasteiger partial charge in [-0.1, -0.05) is 71.6 Å². The lowest BCUT2D eigenvalue weighted by atomic mass is 10.1. The molecule has 1 saturated heterocycles. The van der Waals surface area contributed by atoms with Crippen molar-refractivity contribution >= 4 is 0 Å². The van der Waals surface area contributed by atoms with E-state index in [9.17, 15) is 0 Å². The molecule has 0 aromatic rings. The highest BCUT2D eigenvalue weighted by Crippen LogP contribution is 2.07. The third kappa shape index (κ3) is 13.9. The minimum absolute atomic E-state index is 1.32. The Hall–Kier alpha value is -0.0400. The molecule has 104 valence electrons. The molecule has 1 aliphatic rings. The first-order valence-electron chi connectivity index (χ1n) is 7.99. The lowest BCUT2D eigenvalue weighted by Crippen LogP contribution is -2.24. The van der Waals surface area contributed by atoms with Gasteiger partial charge in [0.2, 0.25) is 0 Å². The summed E-state index contributed by atoms with van der Waals surface area (Å²) in [6, 6.07) is 0. The van der Waals surface area contributed by atoms with Gasteiger partial charge in [0.05, 0.1) is 0 Å². The van der Waals surface area contributed by atoms with Crippen molar-refractivity contribution in [3.63, 3.8) is 0 Å². The maximum atomic E-state index is 2.39. The summed E-state index contributed by atoms with van der Waals surface area (Å²) in [6.45, 7) is 7.18. The van der Waals surface area contributed by atoms with Gasteiger partial charge in [0.1, 0.15) is 0 Å². The van der Waals surface area contributed by atoms with Gasteiger partial charge in [-0.15, -0.1) is 0 Å². The van der Waals surface area contributed by atoms with Crippen LogP contribution in [-0.2, 0) is 0 Å². The smallest absolute Gasteiger partial charge is 0.00218 e. The zero-order chi connectivity index (χ0) is 12.8. The van der Waals surface area contributed by atoms with Gasteiger partial charge in [0.15, 0.2) is 0 Å². The van der Waals surface area contributed by atoms with Gasteiger partial charge in [-0.2, -0.15) is 0 Å². The second-order valence-corrected chi connectivity index (χ2v) is 5.49. The van der Waals surface area contributed by atoms with E-state index in [0.29, 0.717) is 0 Å². The Morgan fingerprint density at radius 2 is 1.06 bits per heavy atom. The van der Waals surface area contributed by atoms with E-state index in [4.69, 9.17) is 0 Å². The molecule has 0 spiro atoms. The van der Waals surface area contributed by atoms with Crippen LogP contribution in [0.3, 0.4) is 0 Å². The molecule has 1 rings (SSSR count). The van der Waals surface area contributed by atoms with Crippen LogP contribution in [0.15, 0.2) is 0 Å². The minimum Gasteiger partial charge on any atom is -0.306 e. The van der Waals surface area contributed by atoms with Gasteiger partial charge >= 0.3 is 0 Å². The highest BCUT2D eigenvalue weighted by molar-refractivity contribution is 4.58. The Bertz CT molecular complexity index is 119. The molecule has 1 aliphatic heterocycles. The maximum Gasteiger partial charge on any atom is -0.00218 e. The zero-order valence-corrected chi connectivity index (χ0v) is 12.6. The quantitative estimate of drug-likeness (QED) is 0.550. The summed E-state index contributed by atoms with van der Waals surface area (Å²) in [5.74, 6) is 0. The molecule has 0 atom stereocenters. The fourth-order valence-electron chi connectivity index (χ4n) is 2.26. The van der Waals surface area contributed by atoms with Crippen molar-refractivity contribution in [2.24, 2.45) is 0 Å². The van der Waals surface area contributed by atoms with E-state index >= 15 is 0 Å². The summed E-state index contributed by atoms with van der Waals surface area (Å²) >= 11 is 0. The molecule has 0 aromatic carbocycles. The third-order valence-corrected chi connectivity index (χ3v) is 3.54. The van der Waals surface area contributed by atoms with Crippen LogP contribution < -0.4 is 0 Å². The topological polar surface area (TPSA) is 3.24 Å². The largest absolute Gasteiger partial charge is 0.306 e. The Labute approximate surface area is 110 Å². The Morgan fingerprint density at radius 1 is 0.647 bits per heavy atom. The number of hydrogen-bond donors (Lipinski definition) is 0. The van der Waals surface area contributed by atoms with Crippen molar-refractivity contribution in [2.45, 2.75) is 84.5 Å². The second-order valence-electron chi connectivity index (χ2n) is 5.49. The molecule has 0 aliphatic carbocycles. The fourth-order valence-corrected chi connectivity index (χ4v) is 2.26. The normalized spacial score (nSPS) is 16.4. The molecule has 0 N–H and O–H groups in total. The number of unbranched alkanes of at least 4 members (excludes halogenated alkanes) is 7. The molecule has 0 saturated carbocycles. The lowest BCUT2D eigenvalue weighted by Gasteiger charge is -2.20. The van der Waals surface area contributed by atoms with Crippen LogP contribution in [-0.4, -0.2) is 25.0 Å². The number of nitrogens with zero attached hydrogens (tertiary/aromatic N) is 1. The van der Waals surface area contributed by atoms with Gasteiger partial charge in [0, 0.05) is 0 Å². The Morgan fingerprint density at radius 3 is 1.35 bits per heavy atom. The number of rotatable bonds is 7. The lowest BCUT2D eigenvalue weighted by molar-refractivity contribution is 0.277. The number of piperidine rings is 1. The Kier molecular flexibility index (Phi) is 14.0. The maximum absolute atomic E-state index is 2.39. The standard InChI is InChI=1S/C10H22.C6H13N/c1-3-5-7-9-10-8-6-4-2;1-7-5-3-2-4-6-7/h3-10H2,1-2H3;2-6H2,1H3. The molecule has 0 amide bonds. The second kappa shape index (κ2) is 14.0. The van der Waals surface area contributed by atoms with E-state index in [1.165, 1.54) is 83.7 Å². The third-order valence-electron chi connectivity index (χ3n) is 3.54. The van der Waals surface area contributed by atoms with Crippen molar-refractivity contribution in [3.8, 4) is 0 Å². The highest BCUT2D eigenvalue weighted by atomic mass is 15.1. The summed E-state index contributed by atoms with van der Waals surface area (Å²) in [4.78, 5) is 2.39. The zero-order valence-electron chi connectivity index (χ0n) is 12.6. The first kappa shape index (κ1) is 17.0. The number of likely N-dealkylation sites (tertiary alicyclic amines) is 1. The SMILES string of the molecule is CCCCCCCCCC.CN1CCCCC1. The van der Waals surface area contributed by atoms with Crippen molar-refractivity contribution in [1.29, 1.82) is 0 Å². The van der Waals surface area contributed by atoms with E-state index < -0.39 is 0 Å². The monoisotopic (exact) mass is 241 g/mol. The van der Waals surface area contributed by atoms with Crippen LogP contribution in [0.5, 0.6) is 0 Å². The van der Waals surface area contributed by atoms with E-state index in [2.05, 4.69) is 25.8 Å². The number of hydrogen-bond acceptors (Lipinski definition) is 1. The average molecular weight is 241 g/mol. The van der Waals surface area contributed by atoms with Gasteiger partial charge in [-0.05, 0) is 33.0 Å². The Balaban J connectivity index is 0.000000318. The van der Waals surface area contributed by atoms with Gasteiger partial charge < -0.3 is 4.90 Å². The predicted molar refractivity (Wildman–Crippen MR) is 79.6 cm³/mol. The van der Waals surface area contributed by atoms with E-state index in [1.807, 2.05) is 0 Å². The highest BCUT2D eigenvalue weighted by Gasteiger charge is 2.02. The molecule has 1 nitrogen and oxygen atoms in total. The summed E-state index contributed by atoms with van der Waals surface area (Å²) in [5.41, 5.74) is 0. The van der Waals surface area contributed by atoms with Crippen LogP contribution in [0.1, 0.15) is 84.5 Å². The minimum atomic E-state index is 1.32. The van der Waals surface area contributed by atoms with Crippen molar-refractivity contribution in [3.05, 3.63) is 0 Å². The molecule has 1 heteroatoms. The summed E-state index contributed by atoms with van der Waals surface area (Å²) in [5, 5.41) is 0. The van der Waals surface area contributed by atoms with Gasteiger partial charge in [0.25, 0.3) is 0 Å². The molecule has 0 unspecified atom stereocenters. The predicted octanol–water partition coefficient (Wildman–Crippen LogP) is 5.25. The van der Waals surface area contributed by atoms with Crippen LogP contribution >= 0.6 is 0 Å². The summed E-state index contributed by atoms with van der Waals surface area (Å²) in [6.07, 6.45) is 15.7. The molecule has 17 heavy (non-hydrogen) atoms. The molecular formula is C16H35N. The van der Waals surface area contributed by atoms with Crippen LogP contribution in [0.25, 0.3) is 0 Å². The van der Waals surface area contributed by atoms with Crippen LogP contribution in [0, 0.1) is 0 Å².